The second-order valence-electron chi connectivity index (χ2n) is 4.62. The summed E-state index contributed by atoms with van der Waals surface area (Å²) in [4.78, 5) is 23.0. The fourth-order valence-electron chi connectivity index (χ4n) is 1.70. The van der Waals surface area contributed by atoms with Gasteiger partial charge in [-0.2, -0.15) is 0 Å². The number of carbonyl (C=O) groups excluding carboxylic acids is 2. The van der Waals surface area contributed by atoms with Crippen molar-refractivity contribution in [1.29, 1.82) is 0 Å². The maximum absolute atomic E-state index is 11.9. The fraction of sp³-hybridized carbons (Fsp3) is 0.385. The molecular formula is C13H19N3O5S. The Bertz CT molecular complexity index is 628. The lowest BCUT2D eigenvalue weighted by Gasteiger charge is -2.16. The first-order chi connectivity index (χ1) is 10.2. The topological polar surface area (TPSA) is 128 Å². The summed E-state index contributed by atoms with van der Waals surface area (Å²) in [5.74, 6) is -0.734. The van der Waals surface area contributed by atoms with Gasteiger partial charge < -0.3 is 15.4 Å². The molecule has 9 heteroatoms. The van der Waals surface area contributed by atoms with Crippen LogP contribution in [0.15, 0.2) is 29.2 Å². The van der Waals surface area contributed by atoms with E-state index in [1.807, 2.05) is 0 Å². The van der Waals surface area contributed by atoms with Crippen LogP contribution in [0, 0.1) is 0 Å². The Hall–Kier alpha value is -1.97. The number of amides is 2. The number of sulfonamides is 1. The molecule has 1 rings (SSSR count). The van der Waals surface area contributed by atoms with Crippen molar-refractivity contribution in [2.75, 3.05) is 13.7 Å². The van der Waals surface area contributed by atoms with Crippen LogP contribution in [0.4, 0.5) is 0 Å². The van der Waals surface area contributed by atoms with Crippen LogP contribution in [0.25, 0.3) is 0 Å². The van der Waals surface area contributed by atoms with Gasteiger partial charge in [-0.05, 0) is 17.7 Å². The molecule has 122 valence electrons. The van der Waals surface area contributed by atoms with Crippen molar-refractivity contribution < 1.29 is 22.7 Å². The smallest absolute Gasteiger partial charge is 0.245 e. The molecule has 0 spiro atoms. The van der Waals surface area contributed by atoms with Crippen LogP contribution in [-0.2, 0) is 30.9 Å². The summed E-state index contributed by atoms with van der Waals surface area (Å²) < 4.78 is 27.1. The summed E-state index contributed by atoms with van der Waals surface area (Å²) in [5, 5.41) is 10.1. The van der Waals surface area contributed by atoms with Crippen molar-refractivity contribution in [3.8, 4) is 0 Å². The summed E-state index contributed by atoms with van der Waals surface area (Å²) >= 11 is 0. The van der Waals surface area contributed by atoms with E-state index in [1.165, 1.54) is 26.2 Å². The first-order valence-electron chi connectivity index (χ1n) is 6.39. The van der Waals surface area contributed by atoms with E-state index in [-0.39, 0.29) is 24.0 Å². The van der Waals surface area contributed by atoms with Gasteiger partial charge in [0.05, 0.1) is 11.5 Å². The minimum atomic E-state index is -3.74. The van der Waals surface area contributed by atoms with E-state index in [9.17, 15) is 18.0 Å². The minimum absolute atomic E-state index is 0.00178. The van der Waals surface area contributed by atoms with Gasteiger partial charge in [-0.3, -0.25) is 9.59 Å². The number of methoxy groups -OCH3 is 1. The molecule has 0 heterocycles. The number of hydrogen-bond acceptors (Lipinski definition) is 5. The molecule has 2 amide bonds. The van der Waals surface area contributed by atoms with Gasteiger partial charge in [-0.15, -0.1) is 0 Å². The van der Waals surface area contributed by atoms with Gasteiger partial charge in [0.1, 0.15) is 6.04 Å². The first-order valence-corrected chi connectivity index (χ1v) is 7.94. The Morgan fingerprint density at radius 3 is 2.32 bits per heavy atom. The maximum Gasteiger partial charge on any atom is 0.245 e. The Balaban J connectivity index is 2.64. The van der Waals surface area contributed by atoms with Gasteiger partial charge in [0.25, 0.3) is 0 Å². The van der Waals surface area contributed by atoms with Crippen LogP contribution < -0.4 is 15.8 Å². The molecule has 0 saturated carbocycles. The number of ether oxygens (including phenoxy) is 1. The van der Waals surface area contributed by atoms with E-state index in [0.717, 1.165) is 0 Å². The maximum atomic E-state index is 11.9. The molecule has 1 atom stereocenters. The fourth-order valence-corrected chi connectivity index (χ4v) is 2.22. The van der Waals surface area contributed by atoms with Crippen molar-refractivity contribution in [3.63, 3.8) is 0 Å². The zero-order valence-electron chi connectivity index (χ0n) is 12.3. The largest absolute Gasteiger partial charge is 0.382 e. The van der Waals surface area contributed by atoms with E-state index in [0.29, 0.717) is 5.56 Å². The average molecular weight is 329 g/mol. The first kappa shape index (κ1) is 18.1. The molecule has 0 saturated heterocycles. The zero-order chi connectivity index (χ0) is 16.8. The molecule has 4 N–H and O–H groups in total. The van der Waals surface area contributed by atoms with Crippen LogP contribution in [0.1, 0.15) is 12.5 Å². The highest BCUT2D eigenvalue weighted by Gasteiger charge is 2.18. The van der Waals surface area contributed by atoms with Crippen molar-refractivity contribution in [2.45, 2.75) is 24.4 Å². The highest BCUT2D eigenvalue weighted by molar-refractivity contribution is 7.89. The number of primary sulfonamides is 1. The predicted molar refractivity (Wildman–Crippen MR) is 79.1 cm³/mol. The molecular weight excluding hydrogens is 310 g/mol. The van der Waals surface area contributed by atoms with E-state index in [1.54, 1.807) is 12.1 Å². The third-order valence-corrected chi connectivity index (χ3v) is 3.68. The van der Waals surface area contributed by atoms with Gasteiger partial charge >= 0.3 is 0 Å². The number of carbonyl (C=O) groups is 2. The molecule has 8 nitrogen and oxygen atoms in total. The summed E-state index contributed by atoms with van der Waals surface area (Å²) in [7, 11) is -2.31. The van der Waals surface area contributed by atoms with Gasteiger partial charge in [-0.25, -0.2) is 13.6 Å². The number of hydrogen-bond donors (Lipinski definition) is 3. The van der Waals surface area contributed by atoms with E-state index in [2.05, 4.69) is 10.6 Å². The Morgan fingerprint density at radius 2 is 1.86 bits per heavy atom. The average Bonchev–Trinajstić information content (AvgIpc) is 2.43. The van der Waals surface area contributed by atoms with E-state index < -0.39 is 22.0 Å². The minimum Gasteiger partial charge on any atom is -0.382 e. The highest BCUT2D eigenvalue weighted by Crippen LogP contribution is 2.08. The molecule has 0 aromatic heterocycles. The second kappa shape index (κ2) is 7.87. The SMILES string of the molecule is COC[C@@H](NC(C)=O)C(=O)NCc1ccc(S(N)(=O)=O)cc1. The number of rotatable bonds is 7. The lowest BCUT2D eigenvalue weighted by atomic mass is 10.2. The van der Waals surface area contributed by atoms with E-state index in [4.69, 9.17) is 9.88 Å². The lowest BCUT2D eigenvalue weighted by molar-refractivity contribution is -0.129. The summed E-state index contributed by atoms with van der Waals surface area (Å²) in [6.07, 6.45) is 0. The quantitative estimate of drug-likeness (QED) is 0.597. The second-order valence-corrected chi connectivity index (χ2v) is 6.18. The standard InChI is InChI=1S/C13H19N3O5S/c1-9(17)16-12(8-21-2)13(18)15-7-10-3-5-11(6-4-10)22(14,19)20/h3-6,12H,7-8H2,1-2H3,(H,15,18)(H,16,17)(H2,14,19,20)/t12-/m1/s1. The lowest BCUT2D eigenvalue weighted by Crippen LogP contribution is -2.48. The molecule has 1 aromatic carbocycles. The van der Waals surface area contributed by atoms with Crippen LogP contribution in [-0.4, -0.2) is 40.0 Å². The Morgan fingerprint density at radius 1 is 1.27 bits per heavy atom. The normalized spacial score (nSPS) is 12.5. The van der Waals surface area contributed by atoms with Crippen LogP contribution >= 0.6 is 0 Å². The third-order valence-electron chi connectivity index (χ3n) is 2.75. The van der Waals surface area contributed by atoms with Crippen LogP contribution in [0.2, 0.25) is 0 Å². The van der Waals surface area contributed by atoms with Crippen molar-refractivity contribution >= 4 is 21.8 Å². The molecule has 1 aromatic rings. The van der Waals surface area contributed by atoms with Crippen LogP contribution in [0.5, 0.6) is 0 Å². The van der Waals surface area contributed by atoms with Gasteiger partial charge in [-0.1, -0.05) is 12.1 Å². The van der Waals surface area contributed by atoms with Gasteiger partial charge in [0, 0.05) is 20.6 Å². The van der Waals surface area contributed by atoms with E-state index >= 15 is 0 Å². The summed E-state index contributed by atoms with van der Waals surface area (Å²) in [6, 6.07) is 5.02. The van der Waals surface area contributed by atoms with Crippen molar-refractivity contribution in [1.82, 2.24) is 10.6 Å². The van der Waals surface area contributed by atoms with Crippen molar-refractivity contribution in [2.24, 2.45) is 5.14 Å². The Labute approximate surface area is 129 Å². The molecule has 22 heavy (non-hydrogen) atoms. The summed E-state index contributed by atoms with van der Waals surface area (Å²) in [6.45, 7) is 1.54. The summed E-state index contributed by atoms with van der Waals surface area (Å²) in [5.41, 5.74) is 0.694. The molecule has 0 bridgehead atoms. The molecule has 0 aliphatic heterocycles. The monoisotopic (exact) mass is 329 g/mol. The number of nitrogens with one attached hydrogen (secondary N) is 2. The predicted octanol–water partition coefficient (Wildman–Crippen LogP) is -0.899. The van der Waals surface area contributed by atoms with Crippen LogP contribution in [0.3, 0.4) is 0 Å². The molecule has 0 aliphatic rings. The molecule has 0 radical (unpaired) electrons. The molecule has 0 fully saturated rings. The Kier molecular flexibility index (Phi) is 6.47. The number of nitrogens with two attached hydrogens (primary N) is 1. The third kappa shape index (κ3) is 5.80. The van der Waals surface area contributed by atoms with Crippen molar-refractivity contribution in [3.05, 3.63) is 29.8 Å². The van der Waals surface area contributed by atoms with Gasteiger partial charge in [0.2, 0.25) is 21.8 Å². The highest BCUT2D eigenvalue weighted by atomic mass is 32.2. The number of benzene rings is 1. The molecule has 0 aliphatic carbocycles. The van der Waals surface area contributed by atoms with Gasteiger partial charge in [0.15, 0.2) is 0 Å². The molecule has 0 unspecified atom stereocenters. The zero-order valence-corrected chi connectivity index (χ0v) is 13.1.